The van der Waals surface area contributed by atoms with Gasteiger partial charge < -0.3 is 9.84 Å². The van der Waals surface area contributed by atoms with E-state index in [1.165, 1.54) is 0 Å². The van der Waals surface area contributed by atoms with E-state index in [1.807, 2.05) is 0 Å². The average Bonchev–Trinajstić information content (AvgIpc) is 2.63. The van der Waals surface area contributed by atoms with Crippen LogP contribution in [0.1, 0.15) is 17.9 Å². The first-order valence-corrected chi connectivity index (χ1v) is 4.88. The molecule has 3 nitrogen and oxygen atoms in total. The van der Waals surface area contributed by atoms with Crippen molar-refractivity contribution >= 4 is 0 Å². The lowest BCUT2D eigenvalue weighted by atomic mass is 10.0. The van der Waals surface area contributed by atoms with Crippen molar-refractivity contribution in [3.63, 3.8) is 0 Å². The summed E-state index contributed by atoms with van der Waals surface area (Å²) < 4.78 is 41.2. The van der Waals surface area contributed by atoms with Gasteiger partial charge in [0.15, 0.2) is 0 Å². The number of aromatic nitrogens is 1. The summed E-state index contributed by atoms with van der Waals surface area (Å²) in [6.45, 7) is 1.83. The molecule has 0 amide bonds. The Labute approximate surface area is 83.6 Å². The number of hydrogen-bond donors (Lipinski definition) is 1. The summed E-state index contributed by atoms with van der Waals surface area (Å²) in [7, 11) is 0. The minimum Gasteiger partial charge on any atom is -0.351 e. The first-order chi connectivity index (χ1) is 7.02. The minimum atomic E-state index is -4.42. The van der Waals surface area contributed by atoms with Crippen LogP contribution in [0.25, 0.3) is 0 Å². The predicted molar refractivity (Wildman–Crippen MR) is 42.9 cm³/mol. The van der Waals surface area contributed by atoms with Crippen LogP contribution in [0.15, 0.2) is 10.6 Å². The quantitative estimate of drug-likeness (QED) is 0.748. The summed E-state index contributed by atoms with van der Waals surface area (Å²) in [6.07, 6.45) is -3.47. The van der Waals surface area contributed by atoms with Gasteiger partial charge in [0.05, 0.1) is 24.2 Å². The van der Waals surface area contributed by atoms with Gasteiger partial charge in [-0.2, -0.15) is 13.2 Å². The normalized spacial score (nSPS) is 34.2. The second-order valence-electron chi connectivity index (χ2n) is 4.36. The second-order valence-corrected chi connectivity index (χ2v) is 4.36. The minimum absolute atomic E-state index is 0.118. The molecule has 1 aromatic heterocycles. The van der Waals surface area contributed by atoms with Gasteiger partial charge in [0.2, 0.25) is 5.76 Å². The molecule has 3 rings (SSSR count). The summed E-state index contributed by atoms with van der Waals surface area (Å²) in [5.74, 6) is -0.492. The highest BCUT2D eigenvalue weighted by atomic mass is 19.4. The summed E-state index contributed by atoms with van der Waals surface area (Å²) >= 11 is 0. The molecular formula is C9H10F3N2O+. The summed E-state index contributed by atoms with van der Waals surface area (Å²) in [5, 5.41) is 5.68. The summed E-state index contributed by atoms with van der Waals surface area (Å²) in [5.41, 5.74) is 0.362. The van der Waals surface area contributed by atoms with Crippen LogP contribution in [-0.2, 0) is 11.6 Å². The zero-order valence-corrected chi connectivity index (χ0v) is 7.84. The highest BCUT2D eigenvalue weighted by Gasteiger charge is 2.63. The van der Waals surface area contributed by atoms with Crippen LogP contribution in [-0.4, -0.2) is 18.2 Å². The van der Waals surface area contributed by atoms with E-state index in [0.29, 0.717) is 11.6 Å². The third-order valence-corrected chi connectivity index (χ3v) is 3.49. The zero-order chi connectivity index (χ0) is 10.7. The van der Waals surface area contributed by atoms with E-state index in [9.17, 15) is 13.2 Å². The predicted octanol–water partition coefficient (Wildman–Crippen LogP) is 0.528. The van der Waals surface area contributed by atoms with Gasteiger partial charge in [-0.15, -0.1) is 0 Å². The molecule has 15 heavy (non-hydrogen) atoms. The molecule has 1 aromatic rings. The van der Waals surface area contributed by atoms with E-state index in [2.05, 4.69) is 15.0 Å². The number of quaternary nitrogens is 1. The Bertz CT molecular complexity index is 400. The number of hydrogen-bond acceptors (Lipinski definition) is 2. The molecule has 1 saturated carbocycles. The Kier molecular flexibility index (Phi) is 1.57. The van der Waals surface area contributed by atoms with Crippen molar-refractivity contribution in [3.05, 3.63) is 17.5 Å². The maximum absolute atomic E-state index is 12.3. The molecule has 2 atom stereocenters. The zero-order valence-electron chi connectivity index (χ0n) is 7.84. The van der Waals surface area contributed by atoms with Crippen molar-refractivity contribution in [1.29, 1.82) is 0 Å². The molecule has 0 spiro atoms. The molecule has 2 fully saturated rings. The topological polar surface area (TPSA) is 42.6 Å². The molecule has 2 N–H and O–H groups in total. The Morgan fingerprint density at radius 3 is 2.80 bits per heavy atom. The number of halogens is 3. The molecule has 0 unspecified atom stereocenters. The van der Waals surface area contributed by atoms with Crippen molar-refractivity contribution in [2.75, 3.05) is 13.1 Å². The van der Waals surface area contributed by atoms with Crippen LogP contribution in [0.4, 0.5) is 13.2 Å². The second kappa shape index (κ2) is 2.55. The Hall–Kier alpha value is -1.04. The lowest BCUT2D eigenvalue weighted by molar-refractivity contribution is -0.644. The van der Waals surface area contributed by atoms with E-state index in [1.54, 1.807) is 0 Å². The Balaban J connectivity index is 1.92. The van der Waals surface area contributed by atoms with Crippen LogP contribution in [0, 0.1) is 5.92 Å². The van der Waals surface area contributed by atoms with Crippen LogP contribution in [0.3, 0.4) is 0 Å². The highest BCUT2D eigenvalue weighted by Crippen LogP contribution is 2.54. The SMILES string of the molecule is FC(F)(F)c1cc([C@@]23C[NH2+]C[C@@H]2C3)no1. The largest absolute Gasteiger partial charge is 0.452 e. The van der Waals surface area contributed by atoms with Crippen molar-refractivity contribution in [1.82, 2.24) is 5.16 Å². The van der Waals surface area contributed by atoms with Crippen LogP contribution >= 0.6 is 0 Å². The number of piperidine rings is 1. The summed E-state index contributed by atoms with van der Waals surface area (Å²) in [4.78, 5) is 0. The smallest absolute Gasteiger partial charge is 0.351 e. The maximum Gasteiger partial charge on any atom is 0.452 e. The van der Waals surface area contributed by atoms with Gasteiger partial charge in [-0.1, -0.05) is 5.16 Å². The van der Waals surface area contributed by atoms with Crippen LogP contribution in [0.5, 0.6) is 0 Å². The molecule has 6 heteroatoms. The van der Waals surface area contributed by atoms with Crippen molar-refractivity contribution in [3.8, 4) is 0 Å². The summed E-state index contributed by atoms with van der Waals surface area (Å²) in [6, 6.07) is 1.05. The molecule has 1 aliphatic carbocycles. The molecular weight excluding hydrogens is 209 g/mol. The Morgan fingerprint density at radius 2 is 2.33 bits per heavy atom. The molecule has 0 aromatic carbocycles. The lowest BCUT2D eigenvalue weighted by Crippen LogP contribution is -2.83. The van der Waals surface area contributed by atoms with Gasteiger partial charge in [-0.25, -0.2) is 0 Å². The standard InChI is InChI=1S/C9H9F3N2O/c10-9(11,12)7-1-6(14-15-7)8-2-5(8)3-13-4-8/h1,5,13H,2-4H2/p+1/t5-,8-/m0/s1. The van der Waals surface area contributed by atoms with E-state index >= 15 is 0 Å². The van der Waals surface area contributed by atoms with Gasteiger partial charge in [-0.3, -0.25) is 0 Å². The molecule has 0 bridgehead atoms. The Morgan fingerprint density at radius 1 is 1.53 bits per heavy atom. The number of nitrogens with zero attached hydrogens (tertiary/aromatic N) is 1. The molecule has 2 heterocycles. The number of fused-ring (bicyclic) bond motifs is 1. The fraction of sp³-hybridized carbons (Fsp3) is 0.667. The molecule has 1 saturated heterocycles. The van der Waals surface area contributed by atoms with E-state index in [0.717, 1.165) is 25.6 Å². The van der Waals surface area contributed by atoms with Gasteiger partial charge in [-0.05, 0) is 6.42 Å². The third-order valence-electron chi connectivity index (χ3n) is 3.49. The van der Waals surface area contributed by atoms with E-state index in [4.69, 9.17) is 0 Å². The first-order valence-electron chi connectivity index (χ1n) is 4.88. The molecule has 2 aliphatic rings. The average molecular weight is 219 g/mol. The first kappa shape index (κ1) is 9.21. The van der Waals surface area contributed by atoms with Crippen LogP contribution in [0.2, 0.25) is 0 Å². The van der Waals surface area contributed by atoms with Crippen molar-refractivity contribution in [2.45, 2.75) is 18.0 Å². The van der Waals surface area contributed by atoms with E-state index in [-0.39, 0.29) is 5.41 Å². The fourth-order valence-electron chi connectivity index (χ4n) is 2.54. The lowest BCUT2D eigenvalue weighted by Gasteiger charge is -2.02. The third kappa shape index (κ3) is 1.20. The highest BCUT2D eigenvalue weighted by molar-refractivity contribution is 5.30. The van der Waals surface area contributed by atoms with Gasteiger partial charge in [0.1, 0.15) is 0 Å². The molecule has 82 valence electrons. The van der Waals surface area contributed by atoms with Gasteiger partial charge in [0.25, 0.3) is 0 Å². The van der Waals surface area contributed by atoms with Gasteiger partial charge >= 0.3 is 6.18 Å². The molecule has 1 aliphatic heterocycles. The van der Waals surface area contributed by atoms with Gasteiger partial charge in [0, 0.05) is 12.0 Å². The monoisotopic (exact) mass is 219 g/mol. The van der Waals surface area contributed by atoms with Crippen molar-refractivity contribution in [2.24, 2.45) is 5.92 Å². The number of nitrogens with two attached hydrogens (primary N) is 1. The molecule has 0 radical (unpaired) electrons. The number of rotatable bonds is 1. The fourth-order valence-corrected chi connectivity index (χ4v) is 2.54. The number of alkyl halides is 3. The van der Waals surface area contributed by atoms with Crippen molar-refractivity contribution < 1.29 is 23.0 Å². The van der Waals surface area contributed by atoms with Crippen LogP contribution < -0.4 is 5.32 Å². The van der Waals surface area contributed by atoms with E-state index < -0.39 is 11.9 Å². The maximum atomic E-state index is 12.3.